The van der Waals surface area contributed by atoms with Gasteiger partial charge in [-0.25, -0.2) is 0 Å². The van der Waals surface area contributed by atoms with Crippen LogP contribution in [0.5, 0.6) is 0 Å². The molecule has 1 aromatic heterocycles. The van der Waals surface area contributed by atoms with Crippen LogP contribution in [-0.4, -0.2) is 28.1 Å². The highest BCUT2D eigenvalue weighted by Crippen LogP contribution is 2.25. The van der Waals surface area contributed by atoms with Crippen molar-refractivity contribution in [2.75, 3.05) is 5.32 Å². The number of aromatic amines is 1. The van der Waals surface area contributed by atoms with Crippen molar-refractivity contribution in [2.24, 2.45) is 11.5 Å². The van der Waals surface area contributed by atoms with Crippen LogP contribution in [0.3, 0.4) is 0 Å². The van der Waals surface area contributed by atoms with Gasteiger partial charge in [0.05, 0.1) is 17.4 Å². The highest BCUT2D eigenvalue weighted by Gasteiger charge is 2.14. The lowest BCUT2D eigenvalue weighted by atomic mass is 10.1. The molecular formula is C21H24ClN5O2. The van der Waals surface area contributed by atoms with Crippen LogP contribution in [-0.2, 0) is 9.59 Å². The molecule has 0 aliphatic carbocycles. The van der Waals surface area contributed by atoms with E-state index in [2.05, 4.69) is 27.6 Å². The molecule has 1 atom stereocenters. The lowest BCUT2D eigenvalue weighted by Gasteiger charge is -2.11. The van der Waals surface area contributed by atoms with Crippen molar-refractivity contribution >= 4 is 29.9 Å². The Labute approximate surface area is 175 Å². The van der Waals surface area contributed by atoms with Crippen molar-refractivity contribution in [3.63, 3.8) is 0 Å². The van der Waals surface area contributed by atoms with Gasteiger partial charge in [-0.3, -0.25) is 14.7 Å². The molecule has 1 heterocycles. The summed E-state index contributed by atoms with van der Waals surface area (Å²) in [6, 6.07) is 16.7. The van der Waals surface area contributed by atoms with E-state index in [0.717, 1.165) is 22.5 Å². The molecule has 0 spiro atoms. The standard InChI is InChI=1S/C21H23N5O2.ClH/c1-13-2-4-14(5-3-13)18-12-19(26-25-18)15-6-8-16(9-7-15)24-21(28)17(22)10-11-20(23)27;/h2-9,12,17H,10-11,22H2,1H3,(H2,23,27)(H,24,28)(H,25,26);1H/t17-;/m0./s1. The third kappa shape index (κ3) is 5.91. The molecule has 2 amide bonds. The van der Waals surface area contributed by atoms with E-state index in [0.29, 0.717) is 5.69 Å². The van der Waals surface area contributed by atoms with E-state index in [-0.39, 0.29) is 31.2 Å². The summed E-state index contributed by atoms with van der Waals surface area (Å²) in [5.41, 5.74) is 16.4. The molecule has 6 N–H and O–H groups in total. The number of nitrogens with two attached hydrogens (primary N) is 2. The second-order valence-electron chi connectivity index (χ2n) is 6.71. The summed E-state index contributed by atoms with van der Waals surface area (Å²) in [6.07, 6.45) is 0.297. The molecule has 0 aliphatic rings. The number of rotatable bonds is 7. The van der Waals surface area contributed by atoms with Crippen molar-refractivity contribution < 1.29 is 9.59 Å². The maximum Gasteiger partial charge on any atom is 0.241 e. The predicted octanol–water partition coefficient (Wildman–Crippen LogP) is 3.01. The fourth-order valence-corrected chi connectivity index (χ4v) is 2.74. The number of H-pyrrole nitrogens is 1. The van der Waals surface area contributed by atoms with Crippen LogP contribution in [0.25, 0.3) is 22.5 Å². The van der Waals surface area contributed by atoms with Gasteiger partial charge in [0.25, 0.3) is 0 Å². The van der Waals surface area contributed by atoms with Crippen LogP contribution in [0, 0.1) is 6.92 Å². The molecule has 0 saturated heterocycles. The second kappa shape index (κ2) is 9.86. The van der Waals surface area contributed by atoms with Crippen LogP contribution in [0.1, 0.15) is 18.4 Å². The van der Waals surface area contributed by atoms with Gasteiger partial charge in [0, 0.05) is 17.7 Å². The Kier molecular flexibility index (Phi) is 7.52. The van der Waals surface area contributed by atoms with Crippen molar-refractivity contribution in [1.82, 2.24) is 10.2 Å². The Bertz CT molecular complexity index is 967. The number of carbonyl (C=O) groups excluding carboxylic acids is 2. The van der Waals surface area contributed by atoms with Gasteiger partial charge in [-0.05, 0) is 37.1 Å². The van der Waals surface area contributed by atoms with Crippen molar-refractivity contribution in [3.05, 3.63) is 60.2 Å². The number of amides is 2. The summed E-state index contributed by atoms with van der Waals surface area (Å²) in [5.74, 6) is -0.825. The molecule has 7 nitrogen and oxygen atoms in total. The van der Waals surface area contributed by atoms with E-state index in [1.807, 2.05) is 37.3 Å². The monoisotopic (exact) mass is 413 g/mol. The first kappa shape index (κ1) is 22.1. The number of hydrogen-bond acceptors (Lipinski definition) is 4. The number of halogens is 1. The number of carbonyl (C=O) groups is 2. The lowest BCUT2D eigenvalue weighted by Crippen LogP contribution is -2.36. The first-order valence-electron chi connectivity index (χ1n) is 9.00. The zero-order valence-electron chi connectivity index (χ0n) is 16.0. The number of nitrogens with one attached hydrogen (secondary N) is 2. The minimum absolute atomic E-state index is 0. The van der Waals surface area contributed by atoms with Gasteiger partial charge in [0.1, 0.15) is 0 Å². The average molecular weight is 414 g/mol. The van der Waals surface area contributed by atoms with Gasteiger partial charge < -0.3 is 16.8 Å². The minimum atomic E-state index is -0.781. The van der Waals surface area contributed by atoms with Crippen LogP contribution >= 0.6 is 12.4 Å². The molecule has 29 heavy (non-hydrogen) atoms. The number of nitrogens with zero attached hydrogens (tertiary/aromatic N) is 1. The molecule has 0 aliphatic heterocycles. The first-order chi connectivity index (χ1) is 13.4. The van der Waals surface area contributed by atoms with Crippen LogP contribution < -0.4 is 16.8 Å². The Balaban J connectivity index is 0.00000300. The van der Waals surface area contributed by atoms with E-state index in [9.17, 15) is 9.59 Å². The predicted molar refractivity (Wildman–Crippen MR) is 116 cm³/mol. The fraction of sp³-hybridized carbons (Fsp3) is 0.190. The van der Waals surface area contributed by atoms with E-state index >= 15 is 0 Å². The number of aryl methyl sites for hydroxylation is 1. The maximum absolute atomic E-state index is 12.1. The number of primary amides is 1. The molecule has 2 aromatic carbocycles. The van der Waals surface area contributed by atoms with Crippen molar-refractivity contribution in [2.45, 2.75) is 25.8 Å². The first-order valence-corrected chi connectivity index (χ1v) is 9.00. The van der Waals surface area contributed by atoms with Gasteiger partial charge in [-0.1, -0.05) is 42.0 Å². The van der Waals surface area contributed by atoms with E-state index in [4.69, 9.17) is 11.5 Å². The van der Waals surface area contributed by atoms with Gasteiger partial charge in [-0.2, -0.15) is 5.10 Å². The highest BCUT2D eigenvalue weighted by atomic mass is 35.5. The van der Waals surface area contributed by atoms with Gasteiger partial charge in [0.2, 0.25) is 11.8 Å². The molecule has 0 unspecified atom stereocenters. The Morgan fingerprint density at radius 3 is 2.31 bits per heavy atom. The zero-order valence-corrected chi connectivity index (χ0v) is 16.8. The molecular weight excluding hydrogens is 390 g/mol. The largest absolute Gasteiger partial charge is 0.370 e. The third-order valence-corrected chi connectivity index (χ3v) is 4.43. The molecule has 0 radical (unpaired) electrons. The summed E-state index contributed by atoms with van der Waals surface area (Å²) in [5, 5.41) is 10.2. The zero-order chi connectivity index (χ0) is 20.1. The summed E-state index contributed by atoms with van der Waals surface area (Å²) in [7, 11) is 0. The Morgan fingerprint density at radius 2 is 1.69 bits per heavy atom. The molecule has 3 rings (SSSR count). The van der Waals surface area contributed by atoms with Gasteiger partial charge in [0.15, 0.2) is 0 Å². The summed E-state index contributed by atoms with van der Waals surface area (Å²) in [6.45, 7) is 2.05. The van der Waals surface area contributed by atoms with Crippen molar-refractivity contribution in [3.8, 4) is 22.5 Å². The summed E-state index contributed by atoms with van der Waals surface area (Å²) < 4.78 is 0. The van der Waals surface area contributed by atoms with Gasteiger partial charge >= 0.3 is 0 Å². The minimum Gasteiger partial charge on any atom is -0.370 e. The fourth-order valence-electron chi connectivity index (χ4n) is 2.74. The van der Waals surface area contributed by atoms with Crippen LogP contribution in [0.2, 0.25) is 0 Å². The molecule has 0 bridgehead atoms. The van der Waals surface area contributed by atoms with Crippen molar-refractivity contribution in [1.29, 1.82) is 0 Å². The average Bonchev–Trinajstić information content (AvgIpc) is 3.17. The van der Waals surface area contributed by atoms with Crippen LogP contribution in [0.4, 0.5) is 5.69 Å². The van der Waals surface area contributed by atoms with E-state index < -0.39 is 11.9 Å². The topological polar surface area (TPSA) is 127 Å². The summed E-state index contributed by atoms with van der Waals surface area (Å²) >= 11 is 0. The number of hydrogen-bond donors (Lipinski definition) is 4. The van der Waals surface area contributed by atoms with E-state index in [1.54, 1.807) is 12.1 Å². The molecule has 0 saturated carbocycles. The molecule has 8 heteroatoms. The lowest BCUT2D eigenvalue weighted by molar-refractivity contribution is -0.119. The normalized spacial score (nSPS) is 11.4. The number of anilines is 1. The molecule has 152 valence electrons. The van der Waals surface area contributed by atoms with Gasteiger partial charge in [-0.15, -0.1) is 12.4 Å². The summed E-state index contributed by atoms with van der Waals surface area (Å²) in [4.78, 5) is 22.9. The van der Waals surface area contributed by atoms with E-state index in [1.165, 1.54) is 5.56 Å². The number of benzene rings is 2. The molecule has 3 aromatic rings. The van der Waals surface area contributed by atoms with Crippen LogP contribution in [0.15, 0.2) is 54.6 Å². The SMILES string of the molecule is Cc1ccc(-c2cc(-c3ccc(NC(=O)[C@@H](N)CCC(N)=O)cc3)[nH]n2)cc1.Cl. The Morgan fingerprint density at radius 1 is 1.07 bits per heavy atom. The second-order valence-corrected chi connectivity index (χ2v) is 6.71. The third-order valence-electron chi connectivity index (χ3n) is 4.43. The highest BCUT2D eigenvalue weighted by molar-refractivity contribution is 5.95. The number of aromatic nitrogens is 2. The quantitative estimate of drug-likeness (QED) is 0.474. The maximum atomic E-state index is 12.1. The molecule has 0 fully saturated rings. The Hall–Kier alpha value is -3.16. The smallest absolute Gasteiger partial charge is 0.241 e.